The molecule has 1 aliphatic heterocycles. The van der Waals surface area contributed by atoms with Crippen LogP contribution in [0.5, 0.6) is 11.5 Å². The standard InChI is InChI=1S/C28H27IN2O4/c1-4-34-25-15-22(13-23(29)26(25)35-17-21-11-7-19(3)8-12-21)14-24-27(32)31(28(33)30-24)16-20-9-5-18(2)6-10-20/h5-15H,4,16-17H2,1-3H3,(H,30,33)/b24-14+. The minimum Gasteiger partial charge on any atom is -0.490 e. The lowest BCUT2D eigenvalue weighted by Crippen LogP contribution is -2.30. The highest BCUT2D eigenvalue weighted by Gasteiger charge is 2.33. The number of benzene rings is 3. The van der Waals surface area contributed by atoms with Crippen molar-refractivity contribution in [3.05, 3.63) is 97.7 Å². The van der Waals surface area contributed by atoms with Crippen molar-refractivity contribution in [1.82, 2.24) is 10.2 Å². The van der Waals surface area contributed by atoms with E-state index < -0.39 is 6.03 Å². The molecule has 0 bridgehead atoms. The maximum absolute atomic E-state index is 13.0. The summed E-state index contributed by atoms with van der Waals surface area (Å²) in [5.74, 6) is 0.882. The average molecular weight is 582 g/mol. The van der Waals surface area contributed by atoms with Gasteiger partial charge >= 0.3 is 6.03 Å². The summed E-state index contributed by atoms with van der Waals surface area (Å²) in [6, 6.07) is 19.3. The lowest BCUT2D eigenvalue weighted by molar-refractivity contribution is -0.123. The number of carbonyl (C=O) groups is 2. The SMILES string of the molecule is CCOc1cc(/C=C2/NC(=O)N(Cc3ccc(C)cc3)C2=O)cc(I)c1OCc1ccc(C)cc1. The second kappa shape index (κ2) is 10.9. The van der Waals surface area contributed by atoms with Crippen molar-refractivity contribution in [3.63, 3.8) is 0 Å². The molecule has 1 heterocycles. The Morgan fingerprint density at radius 2 is 1.54 bits per heavy atom. The highest BCUT2D eigenvalue weighted by Crippen LogP contribution is 2.35. The summed E-state index contributed by atoms with van der Waals surface area (Å²) in [7, 11) is 0. The molecule has 6 nitrogen and oxygen atoms in total. The molecule has 0 atom stereocenters. The summed E-state index contributed by atoms with van der Waals surface area (Å²) in [4.78, 5) is 26.7. The van der Waals surface area contributed by atoms with E-state index in [1.165, 1.54) is 10.5 Å². The molecule has 3 amide bonds. The Morgan fingerprint density at radius 3 is 2.17 bits per heavy atom. The van der Waals surface area contributed by atoms with Crippen LogP contribution in [0.15, 0.2) is 66.4 Å². The van der Waals surface area contributed by atoms with Crippen LogP contribution in [0.2, 0.25) is 0 Å². The molecule has 0 aliphatic carbocycles. The van der Waals surface area contributed by atoms with E-state index in [1.807, 2.05) is 69.3 Å². The predicted octanol–water partition coefficient (Wildman–Crippen LogP) is 5.98. The molecule has 3 aromatic carbocycles. The van der Waals surface area contributed by atoms with Gasteiger partial charge in [-0.05, 0) is 78.3 Å². The number of ether oxygens (including phenoxy) is 2. The molecule has 1 fully saturated rings. The molecule has 0 saturated carbocycles. The molecule has 0 unspecified atom stereocenters. The van der Waals surface area contributed by atoms with Crippen molar-refractivity contribution in [2.45, 2.75) is 33.9 Å². The van der Waals surface area contributed by atoms with Gasteiger partial charge in [0.2, 0.25) is 0 Å². The van der Waals surface area contributed by atoms with E-state index in [-0.39, 0.29) is 18.1 Å². The number of nitrogens with one attached hydrogen (secondary N) is 1. The molecular formula is C28H27IN2O4. The molecule has 0 radical (unpaired) electrons. The Hall–Kier alpha value is -3.33. The van der Waals surface area contributed by atoms with Crippen LogP contribution < -0.4 is 14.8 Å². The van der Waals surface area contributed by atoms with Crippen LogP contribution >= 0.6 is 22.6 Å². The molecule has 1 aliphatic rings. The van der Waals surface area contributed by atoms with Crippen LogP contribution in [0.4, 0.5) is 4.79 Å². The summed E-state index contributed by atoms with van der Waals surface area (Å²) in [5.41, 5.74) is 5.24. The number of carbonyl (C=O) groups excluding carboxylic acids is 2. The van der Waals surface area contributed by atoms with Crippen LogP contribution in [-0.2, 0) is 17.9 Å². The molecule has 3 aromatic rings. The number of aryl methyl sites for hydroxylation is 2. The van der Waals surface area contributed by atoms with Gasteiger partial charge in [-0.1, -0.05) is 59.7 Å². The van der Waals surface area contributed by atoms with Crippen LogP contribution in [-0.4, -0.2) is 23.4 Å². The summed E-state index contributed by atoms with van der Waals surface area (Å²) >= 11 is 2.20. The molecule has 35 heavy (non-hydrogen) atoms. The summed E-state index contributed by atoms with van der Waals surface area (Å²) < 4.78 is 12.8. The smallest absolute Gasteiger partial charge is 0.329 e. The van der Waals surface area contributed by atoms with Crippen LogP contribution in [0, 0.1) is 17.4 Å². The zero-order chi connectivity index (χ0) is 24.9. The minimum absolute atomic E-state index is 0.218. The van der Waals surface area contributed by atoms with Crippen LogP contribution in [0.3, 0.4) is 0 Å². The average Bonchev–Trinajstić information content (AvgIpc) is 3.08. The summed E-state index contributed by atoms with van der Waals surface area (Å²) in [6.07, 6.45) is 1.67. The Bertz CT molecular complexity index is 1270. The maximum atomic E-state index is 13.0. The molecule has 0 spiro atoms. The first-order chi connectivity index (χ1) is 16.8. The first-order valence-electron chi connectivity index (χ1n) is 11.4. The molecular weight excluding hydrogens is 555 g/mol. The van der Waals surface area contributed by atoms with E-state index in [2.05, 4.69) is 40.0 Å². The normalized spacial score (nSPS) is 14.4. The fourth-order valence-corrected chi connectivity index (χ4v) is 4.45. The van der Waals surface area contributed by atoms with Crippen LogP contribution in [0.25, 0.3) is 6.08 Å². The molecule has 1 N–H and O–H groups in total. The Labute approximate surface area is 219 Å². The zero-order valence-electron chi connectivity index (χ0n) is 19.9. The lowest BCUT2D eigenvalue weighted by Gasteiger charge is -2.15. The largest absolute Gasteiger partial charge is 0.490 e. The van der Waals surface area contributed by atoms with E-state index in [0.29, 0.717) is 24.7 Å². The van der Waals surface area contributed by atoms with Gasteiger partial charge in [-0.25, -0.2) is 4.79 Å². The first-order valence-corrected chi connectivity index (χ1v) is 12.5. The zero-order valence-corrected chi connectivity index (χ0v) is 22.1. The first kappa shape index (κ1) is 24.8. The molecule has 7 heteroatoms. The van der Waals surface area contributed by atoms with Crippen molar-refractivity contribution in [2.24, 2.45) is 0 Å². The number of amides is 3. The highest BCUT2D eigenvalue weighted by molar-refractivity contribution is 14.1. The molecule has 4 rings (SSSR count). The van der Waals surface area contributed by atoms with Gasteiger partial charge in [0.25, 0.3) is 5.91 Å². The summed E-state index contributed by atoms with van der Waals surface area (Å²) in [5, 5.41) is 2.69. The van der Waals surface area contributed by atoms with E-state index >= 15 is 0 Å². The summed E-state index contributed by atoms with van der Waals surface area (Å²) in [6.45, 7) is 7.06. The highest BCUT2D eigenvalue weighted by atomic mass is 127. The Balaban J connectivity index is 1.54. The molecule has 0 aromatic heterocycles. The number of nitrogens with zero attached hydrogens (tertiary/aromatic N) is 1. The number of hydrogen-bond acceptors (Lipinski definition) is 4. The Kier molecular flexibility index (Phi) is 7.75. The number of imide groups is 1. The maximum Gasteiger partial charge on any atom is 0.329 e. The van der Waals surface area contributed by atoms with Crippen molar-refractivity contribution in [2.75, 3.05) is 6.61 Å². The third kappa shape index (κ3) is 6.03. The van der Waals surface area contributed by atoms with E-state index in [0.717, 1.165) is 25.8 Å². The quantitative estimate of drug-likeness (QED) is 0.202. The van der Waals surface area contributed by atoms with Gasteiger partial charge in [0, 0.05) is 0 Å². The van der Waals surface area contributed by atoms with Gasteiger partial charge in [0.1, 0.15) is 12.3 Å². The minimum atomic E-state index is -0.431. The van der Waals surface area contributed by atoms with Crippen molar-refractivity contribution < 1.29 is 19.1 Å². The second-order valence-electron chi connectivity index (χ2n) is 8.40. The van der Waals surface area contributed by atoms with Crippen molar-refractivity contribution >= 4 is 40.6 Å². The van der Waals surface area contributed by atoms with Gasteiger partial charge in [-0.15, -0.1) is 0 Å². The van der Waals surface area contributed by atoms with Crippen molar-refractivity contribution in [3.8, 4) is 11.5 Å². The topological polar surface area (TPSA) is 67.9 Å². The fourth-order valence-electron chi connectivity index (χ4n) is 3.67. The van der Waals surface area contributed by atoms with E-state index in [1.54, 1.807) is 6.08 Å². The third-order valence-electron chi connectivity index (χ3n) is 5.57. The number of halogens is 1. The Morgan fingerprint density at radius 1 is 0.914 bits per heavy atom. The van der Waals surface area contributed by atoms with E-state index in [4.69, 9.17) is 9.47 Å². The van der Waals surface area contributed by atoms with Gasteiger partial charge in [-0.3, -0.25) is 9.69 Å². The lowest BCUT2D eigenvalue weighted by atomic mass is 10.1. The van der Waals surface area contributed by atoms with Crippen molar-refractivity contribution in [1.29, 1.82) is 0 Å². The van der Waals surface area contributed by atoms with Gasteiger partial charge < -0.3 is 14.8 Å². The van der Waals surface area contributed by atoms with Gasteiger partial charge in [0.15, 0.2) is 11.5 Å². The molecule has 180 valence electrons. The third-order valence-corrected chi connectivity index (χ3v) is 6.37. The predicted molar refractivity (Wildman–Crippen MR) is 144 cm³/mol. The number of hydrogen-bond donors (Lipinski definition) is 1. The molecule has 1 saturated heterocycles. The van der Waals surface area contributed by atoms with Crippen LogP contribution in [0.1, 0.15) is 34.7 Å². The number of urea groups is 1. The van der Waals surface area contributed by atoms with Gasteiger partial charge in [-0.2, -0.15) is 0 Å². The van der Waals surface area contributed by atoms with E-state index in [9.17, 15) is 9.59 Å². The number of rotatable bonds is 8. The van der Waals surface area contributed by atoms with Gasteiger partial charge in [0.05, 0.1) is 16.7 Å². The fraction of sp³-hybridized carbons (Fsp3) is 0.214. The monoisotopic (exact) mass is 582 g/mol. The second-order valence-corrected chi connectivity index (χ2v) is 9.56.